The van der Waals surface area contributed by atoms with E-state index in [2.05, 4.69) is 40.7 Å². The molecule has 4 heterocycles. The van der Waals surface area contributed by atoms with Crippen LogP contribution >= 0.6 is 11.6 Å². The van der Waals surface area contributed by atoms with E-state index in [4.69, 9.17) is 16.3 Å². The van der Waals surface area contributed by atoms with E-state index in [0.29, 0.717) is 37.0 Å². The zero-order valence-electron chi connectivity index (χ0n) is 19.1. The third-order valence-corrected chi connectivity index (χ3v) is 5.67. The van der Waals surface area contributed by atoms with Gasteiger partial charge in [-0.3, -0.25) is 4.98 Å². The molecule has 5 rings (SSSR count). The number of rotatable bonds is 7. The lowest BCUT2D eigenvalue weighted by molar-refractivity contribution is 0.122. The highest BCUT2D eigenvalue weighted by atomic mass is 35.5. The van der Waals surface area contributed by atoms with E-state index in [0.717, 1.165) is 28.8 Å². The highest BCUT2D eigenvalue weighted by Gasteiger charge is 2.17. The summed E-state index contributed by atoms with van der Waals surface area (Å²) in [4.78, 5) is 14.3. The van der Waals surface area contributed by atoms with E-state index in [-0.39, 0.29) is 18.3 Å². The maximum absolute atomic E-state index is 14.1. The number of nitrogens with one attached hydrogen (secondary N) is 1. The van der Waals surface area contributed by atoms with Crippen molar-refractivity contribution in [1.82, 2.24) is 25.1 Å². The average molecular weight is 506 g/mol. The molecule has 12 heteroatoms. The molecule has 0 bridgehead atoms. The number of anilines is 3. The van der Waals surface area contributed by atoms with Crippen LogP contribution in [0.3, 0.4) is 0 Å². The molecule has 0 spiro atoms. The predicted molar refractivity (Wildman–Crippen MR) is 133 cm³/mol. The summed E-state index contributed by atoms with van der Waals surface area (Å²) in [7, 11) is 0. The molecule has 1 saturated heterocycles. The van der Waals surface area contributed by atoms with Crippen LogP contribution in [0.2, 0.25) is 5.02 Å². The molecule has 1 aromatic carbocycles. The number of benzene rings is 1. The van der Waals surface area contributed by atoms with Crippen molar-refractivity contribution in [3.8, 4) is 11.3 Å². The molecule has 1 N–H and O–H groups in total. The van der Waals surface area contributed by atoms with Crippen LogP contribution in [0.5, 0.6) is 0 Å². The standard InChI is InChI=1S/C24H21ClFN9O/c25-19-12-16(21-2-1-7-29-33-21)3-6-22(19)31-18-5-4-17(27-13-18)14-30-34-24-28-15-20(26)23(32-24)35-8-10-36-11-9-35/h1-7,12-13,15,31H,8-11,14H2. The third-order valence-electron chi connectivity index (χ3n) is 5.36. The van der Waals surface area contributed by atoms with Gasteiger partial charge in [0.1, 0.15) is 6.54 Å². The quantitative estimate of drug-likeness (QED) is 0.349. The predicted octanol–water partition coefficient (Wildman–Crippen LogP) is 4.99. The number of halogens is 2. The number of ether oxygens (including phenoxy) is 1. The summed E-state index contributed by atoms with van der Waals surface area (Å²) in [6, 6.07) is 13.0. The van der Waals surface area contributed by atoms with Gasteiger partial charge >= 0.3 is 0 Å². The fraction of sp³-hybridized carbons (Fsp3) is 0.208. The van der Waals surface area contributed by atoms with Crippen LogP contribution in [-0.4, -0.2) is 51.5 Å². The van der Waals surface area contributed by atoms with Crippen LogP contribution in [-0.2, 0) is 11.3 Å². The lowest BCUT2D eigenvalue weighted by atomic mass is 10.1. The first-order valence-corrected chi connectivity index (χ1v) is 11.6. The molecule has 0 unspecified atom stereocenters. The molecular weight excluding hydrogens is 485 g/mol. The van der Waals surface area contributed by atoms with Crippen molar-refractivity contribution in [2.45, 2.75) is 6.54 Å². The fourth-order valence-corrected chi connectivity index (χ4v) is 3.77. The summed E-state index contributed by atoms with van der Waals surface area (Å²) in [5.41, 5.74) is 3.82. The van der Waals surface area contributed by atoms with Gasteiger partial charge in [0.25, 0.3) is 5.95 Å². The van der Waals surface area contributed by atoms with Crippen molar-refractivity contribution in [1.29, 1.82) is 0 Å². The largest absolute Gasteiger partial charge is 0.378 e. The monoisotopic (exact) mass is 505 g/mol. The molecule has 36 heavy (non-hydrogen) atoms. The van der Waals surface area contributed by atoms with E-state index in [1.165, 1.54) is 0 Å². The summed E-state index contributed by atoms with van der Waals surface area (Å²) in [6.07, 6.45) is 4.41. The minimum atomic E-state index is -0.496. The topological polar surface area (TPSA) is 114 Å². The number of hydrogen-bond donors (Lipinski definition) is 1. The Bertz CT molecular complexity index is 1350. The van der Waals surface area contributed by atoms with E-state index in [9.17, 15) is 4.39 Å². The number of hydrogen-bond acceptors (Lipinski definition) is 10. The van der Waals surface area contributed by atoms with Crippen LogP contribution in [0.4, 0.5) is 27.5 Å². The summed E-state index contributed by atoms with van der Waals surface area (Å²) in [6.45, 7) is 2.40. The zero-order valence-corrected chi connectivity index (χ0v) is 19.8. The lowest BCUT2D eigenvalue weighted by Crippen LogP contribution is -2.37. The molecule has 1 aliphatic heterocycles. The Morgan fingerprint density at radius 2 is 1.97 bits per heavy atom. The van der Waals surface area contributed by atoms with Gasteiger partial charge in [-0.05, 0) is 36.4 Å². The van der Waals surface area contributed by atoms with E-state index < -0.39 is 5.82 Å². The van der Waals surface area contributed by atoms with Gasteiger partial charge < -0.3 is 15.0 Å². The highest BCUT2D eigenvalue weighted by molar-refractivity contribution is 6.33. The van der Waals surface area contributed by atoms with Gasteiger partial charge in [0.05, 0.1) is 53.4 Å². The van der Waals surface area contributed by atoms with E-state index >= 15 is 0 Å². The molecule has 10 nitrogen and oxygen atoms in total. The maximum Gasteiger partial charge on any atom is 0.270 e. The molecule has 0 amide bonds. The second-order valence-electron chi connectivity index (χ2n) is 7.81. The molecule has 182 valence electrons. The Morgan fingerprint density at radius 3 is 2.72 bits per heavy atom. The Hall–Kier alpha value is -4.09. The number of aromatic nitrogens is 5. The van der Waals surface area contributed by atoms with Crippen molar-refractivity contribution in [3.05, 3.63) is 77.6 Å². The van der Waals surface area contributed by atoms with Crippen molar-refractivity contribution in [2.24, 2.45) is 10.2 Å². The van der Waals surface area contributed by atoms with Crippen molar-refractivity contribution in [3.63, 3.8) is 0 Å². The zero-order chi connectivity index (χ0) is 24.7. The average Bonchev–Trinajstić information content (AvgIpc) is 2.93. The molecule has 1 aliphatic rings. The normalized spacial score (nSPS) is 13.8. The number of morpholine rings is 1. The molecule has 1 fully saturated rings. The lowest BCUT2D eigenvalue weighted by Gasteiger charge is -2.27. The Morgan fingerprint density at radius 1 is 1.08 bits per heavy atom. The van der Waals surface area contributed by atoms with Gasteiger partial charge in [0, 0.05) is 24.8 Å². The molecule has 3 aromatic heterocycles. The minimum absolute atomic E-state index is 0.0933. The molecule has 0 aliphatic carbocycles. The summed E-state index contributed by atoms with van der Waals surface area (Å²) >= 11 is 6.45. The van der Waals surface area contributed by atoms with E-state index in [1.54, 1.807) is 12.4 Å². The van der Waals surface area contributed by atoms with Crippen LogP contribution < -0.4 is 10.2 Å². The fourth-order valence-electron chi connectivity index (χ4n) is 3.54. The molecule has 0 atom stereocenters. The van der Waals surface area contributed by atoms with Crippen molar-refractivity contribution >= 4 is 34.7 Å². The minimum Gasteiger partial charge on any atom is -0.378 e. The van der Waals surface area contributed by atoms with Gasteiger partial charge in [-0.15, -0.1) is 5.11 Å². The van der Waals surface area contributed by atoms with Crippen LogP contribution in [0.1, 0.15) is 5.69 Å². The summed E-state index contributed by atoms with van der Waals surface area (Å²) in [5, 5.41) is 19.9. The smallest absolute Gasteiger partial charge is 0.270 e. The highest BCUT2D eigenvalue weighted by Crippen LogP contribution is 2.30. The number of nitrogens with zero attached hydrogens (tertiary/aromatic N) is 8. The first kappa shape index (κ1) is 23.6. The van der Waals surface area contributed by atoms with Gasteiger partial charge in [0.15, 0.2) is 11.6 Å². The Labute approximate surface area is 211 Å². The van der Waals surface area contributed by atoms with Crippen molar-refractivity contribution in [2.75, 3.05) is 36.5 Å². The second-order valence-corrected chi connectivity index (χ2v) is 8.21. The van der Waals surface area contributed by atoms with Crippen LogP contribution in [0.25, 0.3) is 11.3 Å². The van der Waals surface area contributed by atoms with Gasteiger partial charge in [-0.2, -0.15) is 20.3 Å². The molecule has 4 aromatic rings. The summed E-state index contributed by atoms with van der Waals surface area (Å²) < 4.78 is 19.5. The summed E-state index contributed by atoms with van der Waals surface area (Å²) in [5.74, 6) is -0.195. The third kappa shape index (κ3) is 5.75. The first-order valence-electron chi connectivity index (χ1n) is 11.2. The van der Waals surface area contributed by atoms with E-state index in [1.807, 2.05) is 47.4 Å². The van der Waals surface area contributed by atoms with Crippen LogP contribution in [0.15, 0.2) is 71.3 Å². The molecular formula is C24H21ClFN9O. The Balaban J connectivity index is 1.20. The second kappa shape index (κ2) is 11.1. The van der Waals surface area contributed by atoms with Crippen LogP contribution in [0, 0.1) is 5.82 Å². The van der Waals surface area contributed by atoms with Gasteiger partial charge in [-0.25, -0.2) is 9.37 Å². The molecule has 0 saturated carbocycles. The Kier molecular flexibility index (Phi) is 7.29. The first-order chi connectivity index (χ1) is 17.7. The number of pyridine rings is 1. The number of azo groups is 1. The maximum atomic E-state index is 14.1. The van der Waals surface area contributed by atoms with Crippen molar-refractivity contribution < 1.29 is 9.13 Å². The molecule has 0 radical (unpaired) electrons. The van der Waals surface area contributed by atoms with Gasteiger partial charge in [0.2, 0.25) is 0 Å². The SMILES string of the molecule is Fc1cnc(N=NCc2ccc(Nc3ccc(-c4cccnn4)cc3Cl)cn2)nc1N1CCOCC1. The van der Waals surface area contributed by atoms with Gasteiger partial charge in [-0.1, -0.05) is 17.7 Å².